The Labute approximate surface area is 183 Å². The van der Waals surface area contributed by atoms with Crippen LogP contribution in [0.2, 0.25) is 0 Å². The first-order chi connectivity index (χ1) is 14.8. The Bertz CT molecular complexity index is 722. The number of amides is 1. The lowest BCUT2D eigenvalue weighted by molar-refractivity contribution is -0.164. The molecule has 31 heavy (non-hydrogen) atoms. The van der Waals surface area contributed by atoms with Crippen LogP contribution in [0.25, 0.3) is 0 Å². The predicted octanol–water partition coefficient (Wildman–Crippen LogP) is 0.605. The highest BCUT2D eigenvalue weighted by atomic mass is 16.5. The summed E-state index contributed by atoms with van der Waals surface area (Å²) < 4.78 is 5.19. The molecular weight excluding hydrogens is 400 g/mol. The van der Waals surface area contributed by atoms with E-state index in [4.69, 9.17) is 4.74 Å². The molecule has 1 amide bonds. The Kier molecular flexibility index (Phi) is 9.90. The third kappa shape index (κ3) is 7.93. The first kappa shape index (κ1) is 24.8. The average Bonchev–Trinajstić information content (AvgIpc) is 2.75. The maximum atomic E-state index is 13.1. The van der Waals surface area contributed by atoms with E-state index < -0.39 is 30.6 Å². The van der Waals surface area contributed by atoms with E-state index in [1.165, 1.54) is 5.01 Å². The van der Waals surface area contributed by atoms with Gasteiger partial charge in [0, 0.05) is 26.2 Å². The molecule has 9 nitrogen and oxygen atoms in total. The number of likely N-dealkylation sites (N-methyl/N-ethyl adjacent to an activating group) is 1. The summed E-state index contributed by atoms with van der Waals surface area (Å²) in [5.74, 6) is -1.87. The minimum absolute atomic E-state index is 0.247. The molecule has 2 atom stereocenters. The summed E-state index contributed by atoms with van der Waals surface area (Å²) in [6.45, 7) is 5.85. The van der Waals surface area contributed by atoms with E-state index in [1.807, 2.05) is 37.4 Å². The summed E-state index contributed by atoms with van der Waals surface area (Å²) in [6.07, 6.45) is 1.11. The number of carboxylic acids is 1. The summed E-state index contributed by atoms with van der Waals surface area (Å²) in [4.78, 5) is 39.2. The van der Waals surface area contributed by atoms with Crippen molar-refractivity contribution in [3.63, 3.8) is 0 Å². The quantitative estimate of drug-likeness (QED) is 0.489. The molecule has 0 aliphatic carbocycles. The van der Waals surface area contributed by atoms with Crippen LogP contribution in [0, 0.1) is 0 Å². The third-order valence-corrected chi connectivity index (χ3v) is 5.32. The van der Waals surface area contributed by atoms with Gasteiger partial charge in [0.05, 0.1) is 12.6 Å². The summed E-state index contributed by atoms with van der Waals surface area (Å²) in [7, 11) is 1.99. The number of carboxylic acid groups (broad SMARTS) is 1. The standard InChI is InChI=1S/C22H34N4O5/c1-4-31-22(30)19(11-10-18-8-6-5-7-9-18)23-17(2)21(29)26(16-20(27)28)25-14-12-24(3)13-15-25/h5-9,17,19,23H,4,10-16H2,1-3H3,(H,27,28)/t17-,19-/m0/s1. The number of esters is 1. The number of hydrazine groups is 1. The van der Waals surface area contributed by atoms with Crippen LogP contribution in [-0.4, -0.2) is 96.3 Å². The fourth-order valence-electron chi connectivity index (χ4n) is 3.55. The SMILES string of the molecule is CCOC(=O)[C@H](CCc1ccccc1)N[C@@H](C)C(=O)N(CC(=O)O)N1CCN(C)CC1. The van der Waals surface area contributed by atoms with Crippen LogP contribution < -0.4 is 5.32 Å². The monoisotopic (exact) mass is 434 g/mol. The first-order valence-corrected chi connectivity index (χ1v) is 10.7. The van der Waals surface area contributed by atoms with Crippen molar-refractivity contribution in [3.05, 3.63) is 35.9 Å². The molecule has 2 N–H and O–H groups in total. The number of benzene rings is 1. The molecular formula is C22H34N4O5. The highest BCUT2D eigenvalue weighted by Gasteiger charge is 2.32. The molecule has 2 rings (SSSR count). The van der Waals surface area contributed by atoms with Gasteiger partial charge in [0.25, 0.3) is 5.91 Å². The molecule has 1 heterocycles. The maximum absolute atomic E-state index is 13.1. The Morgan fingerprint density at radius 2 is 1.81 bits per heavy atom. The topological polar surface area (TPSA) is 102 Å². The Morgan fingerprint density at radius 1 is 1.16 bits per heavy atom. The van der Waals surface area contributed by atoms with Gasteiger partial charge in [-0.1, -0.05) is 30.3 Å². The minimum atomic E-state index is -1.08. The van der Waals surface area contributed by atoms with Crippen molar-refractivity contribution in [2.45, 2.75) is 38.8 Å². The van der Waals surface area contributed by atoms with E-state index in [0.29, 0.717) is 25.9 Å². The number of carbonyl (C=O) groups excluding carboxylic acids is 2. The van der Waals surface area contributed by atoms with Crippen LogP contribution in [-0.2, 0) is 25.5 Å². The molecule has 0 bridgehead atoms. The van der Waals surface area contributed by atoms with Gasteiger partial charge in [-0.25, -0.2) is 5.01 Å². The number of hydrogen-bond acceptors (Lipinski definition) is 7. The van der Waals surface area contributed by atoms with Crippen molar-refractivity contribution in [3.8, 4) is 0 Å². The second kappa shape index (κ2) is 12.4. The van der Waals surface area contributed by atoms with Gasteiger partial charge < -0.3 is 14.7 Å². The van der Waals surface area contributed by atoms with Crippen LogP contribution in [0.3, 0.4) is 0 Å². The van der Waals surface area contributed by atoms with Crippen LogP contribution in [0.1, 0.15) is 25.8 Å². The maximum Gasteiger partial charge on any atom is 0.324 e. The third-order valence-electron chi connectivity index (χ3n) is 5.32. The molecule has 1 saturated heterocycles. The van der Waals surface area contributed by atoms with Crippen molar-refractivity contribution >= 4 is 17.8 Å². The molecule has 1 fully saturated rings. The molecule has 0 radical (unpaired) electrons. The van der Waals surface area contributed by atoms with Crippen molar-refractivity contribution < 1.29 is 24.2 Å². The summed E-state index contributed by atoms with van der Waals surface area (Å²) in [5.41, 5.74) is 1.09. The minimum Gasteiger partial charge on any atom is -0.480 e. The summed E-state index contributed by atoms with van der Waals surface area (Å²) in [6, 6.07) is 8.36. The molecule has 0 unspecified atom stereocenters. The first-order valence-electron chi connectivity index (χ1n) is 10.7. The molecule has 9 heteroatoms. The molecule has 0 saturated carbocycles. The second-order valence-corrected chi connectivity index (χ2v) is 7.76. The fourth-order valence-corrected chi connectivity index (χ4v) is 3.55. The molecule has 0 aromatic heterocycles. The highest BCUT2D eigenvalue weighted by molar-refractivity contribution is 5.85. The Hall–Kier alpha value is -2.49. The van der Waals surface area contributed by atoms with Gasteiger partial charge in [-0.2, -0.15) is 0 Å². The molecule has 1 aliphatic rings. The van der Waals surface area contributed by atoms with Gasteiger partial charge in [0.2, 0.25) is 0 Å². The van der Waals surface area contributed by atoms with Gasteiger partial charge in [-0.15, -0.1) is 0 Å². The van der Waals surface area contributed by atoms with Crippen LogP contribution in [0.5, 0.6) is 0 Å². The van der Waals surface area contributed by atoms with Crippen molar-refractivity contribution in [1.82, 2.24) is 20.2 Å². The number of aryl methyl sites for hydroxylation is 1. The zero-order valence-electron chi connectivity index (χ0n) is 18.6. The Morgan fingerprint density at radius 3 is 2.39 bits per heavy atom. The lowest BCUT2D eigenvalue weighted by atomic mass is 10.0. The normalized spacial score (nSPS) is 17.0. The van der Waals surface area contributed by atoms with E-state index in [1.54, 1.807) is 18.9 Å². The number of aliphatic carboxylic acids is 1. The van der Waals surface area contributed by atoms with Gasteiger partial charge in [0.1, 0.15) is 12.6 Å². The fraction of sp³-hybridized carbons (Fsp3) is 0.591. The lowest BCUT2D eigenvalue weighted by Gasteiger charge is -2.40. The summed E-state index contributed by atoms with van der Waals surface area (Å²) in [5, 5.41) is 15.5. The average molecular weight is 435 g/mol. The van der Waals surface area contributed by atoms with Crippen molar-refractivity contribution in [1.29, 1.82) is 0 Å². The number of piperazine rings is 1. The number of hydrogen-bond donors (Lipinski definition) is 2. The largest absolute Gasteiger partial charge is 0.480 e. The smallest absolute Gasteiger partial charge is 0.324 e. The zero-order chi connectivity index (χ0) is 22.8. The van der Waals surface area contributed by atoms with Crippen molar-refractivity contribution in [2.24, 2.45) is 0 Å². The second-order valence-electron chi connectivity index (χ2n) is 7.76. The van der Waals surface area contributed by atoms with Crippen LogP contribution in [0.15, 0.2) is 30.3 Å². The van der Waals surface area contributed by atoms with Gasteiger partial charge in [-0.05, 0) is 39.3 Å². The highest BCUT2D eigenvalue weighted by Crippen LogP contribution is 2.10. The molecule has 0 spiro atoms. The van der Waals surface area contributed by atoms with Crippen LogP contribution in [0.4, 0.5) is 0 Å². The summed E-state index contributed by atoms with van der Waals surface area (Å²) >= 11 is 0. The molecule has 172 valence electrons. The number of ether oxygens (including phenoxy) is 1. The van der Waals surface area contributed by atoms with Crippen molar-refractivity contribution in [2.75, 3.05) is 46.4 Å². The number of carbonyl (C=O) groups is 3. The van der Waals surface area contributed by atoms with Gasteiger partial charge in [-0.3, -0.25) is 24.7 Å². The van der Waals surface area contributed by atoms with E-state index in [-0.39, 0.29) is 12.5 Å². The van der Waals surface area contributed by atoms with E-state index in [9.17, 15) is 19.5 Å². The van der Waals surface area contributed by atoms with Crippen LogP contribution >= 0.6 is 0 Å². The molecule has 1 aliphatic heterocycles. The number of nitrogens with one attached hydrogen (secondary N) is 1. The van der Waals surface area contributed by atoms with E-state index in [0.717, 1.165) is 18.7 Å². The van der Waals surface area contributed by atoms with Gasteiger partial charge in [0.15, 0.2) is 0 Å². The van der Waals surface area contributed by atoms with Gasteiger partial charge >= 0.3 is 11.9 Å². The van der Waals surface area contributed by atoms with E-state index in [2.05, 4.69) is 10.2 Å². The molecule has 1 aromatic rings. The lowest BCUT2D eigenvalue weighted by Crippen LogP contribution is -2.60. The predicted molar refractivity (Wildman–Crippen MR) is 116 cm³/mol. The molecule has 1 aromatic carbocycles. The van der Waals surface area contributed by atoms with E-state index >= 15 is 0 Å². The number of rotatable bonds is 11. The zero-order valence-corrected chi connectivity index (χ0v) is 18.6. The Balaban J connectivity index is 2.06. The number of nitrogens with zero attached hydrogens (tertiary/aromatic N) is 3.